The molecule has 20 heavy (non-hydrogen) atoms. The molecule has 0 bridgehead atoms. The molecule has 1 fully saturated rings. The number of benzene rings is 1. The maximum absolute atomic E-state index is 5.95. The number of methoxy groups -OCH3 is 1. The summed E-state index contributed by atoms with van der Waals surface area (Å²) >= 11 is 5.95. The maximum atomic E-state index is 5.95. The minimum atomic E-state index is 0.397. The summed E-state index contributed by atoms with van der Waals surface area (Å²) in [6, 6.07) is 8.55. The molecule has 3 nitrogen and oxygen atoms in total. The molecular weight excluding hydrogens is 272 g/mol. The fourth-order valence-electron chi connectivity index (χ4n) is 2.97. The van der Waals surface area contributed by atoms with Gasteiger partial charge in [-0.05, 0) is 56.6 Å². The fourth-order valence-corrected chi connectivity index (χ4v) is 3.10. The quantitative estimate of drug-likeness (QED) is 0.837. The van der Waals surface area contributed by atoms with E-state index in [0.29, 0.717) is 12.0 Å². The first-order valence-electron chi connectivity index (χ1n) is 7.37. The van der Waals surface area contributed by atoms with Crippen molar-refractivity contribution in [2.24, 2.45) is 5.92 Å². The highest BCUT2D eigenvalue weighted by Gasteiger charge is 2.22. The van der Waals surface area contributed by atoms with Crippen LogP contribution in [0.15, 0.2) is 24.3 Å². The van der Waals surface area contributed by atoms with Crippen LogP contribution in [0.3, 0.4) is 0 Å². The van der Waals surface area contributed by atoms with E-state index in [9.17, 15) is 0 Å². The van der Waals surface area contributed by atoms with E-state index in [2.05, 4.69) is 22.3 Å². The average Bonchev–Trinajstić information content (AvgIpc) is 2.89. The summed E-state index contributed by atoms with van der Waals surface area (Å²) in [6.45, 7) is 4.40. The lowest BCUT2D eigenvalue weighted by Crippen LogP contribution is -2.27. The largest absolute Gasteiger partial charge is 0.384 e. The summed E-state index contributed by atoms with van der Waals surface area (Å²) in [5, 5.41) is 4.20. The minimum Gasteiger partial charge on any atom is -0.384 e. The van der Waals surface area contributed by atoms with Gasteiger partial charge in [-0.3, -0.25) is 0 Å². The molecule has 1 saturated heterocycles. The molecule has 2 atom stereocenters. The van der Waals surface area contributed by atoms with Crippen LogP contribution in [0.4, 0.5) is 0 Å². The average molecular weight is 297 g/mol. The second-order valence-corrected chi connectivity index (χ2v) is 6.03. The summed E-state index contributed by atoms with van der Waals surface area (Å²) in [5.41, 5.74) is 1.31. The van der Waals surface area contributed by atoms with Crippen LogP contribution in [0.2, 0.25) is 5.02 Å². The van der Waals surface area contributed by atoms with Crippen molar-refractivity contribution in [2.75, 3.05) is 40.4 Å². The Labute approximate surface area is 127 Å². The first-order chi connectivity index (χ1) is 9.72. The van der Waals surface area contributed by atoms with Gasteiger partial charge in [0.25, 0.3) is 0 Å². The van der Waals surface area contributed by atoms with E-state index < -0.39 is 0 Å². The molecule has 1 aliphatic heterocycles. The molecule has 0 aromatic heterocycles. The molecule has 1 heterocycles. The van der Waals surface area contributed by atoms with Crippen molar-refractivity contribution in [2.45, 2.75) is 18.9 Å². The third-order valence-electron chi connectivity index (χ3n) is 4.13. The number of rotatable bonds is 7. The van der Waals surface area contributed by atoms with Crippen molar-refractivity contribution < 1.29 is 4.74 Å². The Morgan fingerprint density at radius 1 is 1.40 bits per heavy atom. The summed E-state index contributed by atoms with van der Waals surface area (Å²) in [5.74, 6) is 0.712. The van der Waals surface area contributed by atoms with E-state index in [1.54, 1.807) is 7.11 Å². The lowest BCUT2D eigenvalue weighted by atomic mass is 10.0. The SMILES string of the molecule is CNC(CCN1CCC(COC)C1)c1ccc(Cl)cc1. The Balaban J connectivity index is 1.81. The highest BCUT2D eigenvalue weighted by molar-refractivity contribution is 6.30. The Hall–Kier alpha value is -0.610. The molecule has 0 saturated carbocycles. The molecule has 2 unspecified atom stereocenters. The van der Waals surface area contributed by atoms with Gasteiger partial charge in [-0.1, -0.05) is 23.7 Å². The second-order valence-electron chi connectivity index (χ2n) is 5.59. The predicted molar refractivity (Wildman–Crippen MR) is 84.3 cm³/mol. The zero-order valence-corrected chi connectivity index (χ0v) is 13.2. The van der Waals surface area contributed by atoms with Crippen LogP contribution >= 0.6 is 11.6 Å². The molecule has 0 radical (unpaired) electrons. The van der Waals surface area contributed by atoms with Gasteiger partial charge in [-0.2, -0.15) is 0 Å². The van der Waals surface area contributed by atoms with Gasteiger partial charge in [0.05, 0.1) is 6.61 Å². The smallest absolute Gasteiger partial charge is 0.0503 e. The third-order valence-corrected chi connectivity index (χ3v) is 4.38. The highest BCUT2D eigenvalue weighted by Crippen LogP contribution is 2.22. The van der Waals surface area contributed by atoms with Crippen LogP contribution in [0.1, 0.15) is 24.4 Å². The number of ether oxygens (including phenoxy) is 1. The van der Waals surface area contributed by atoms with Crippen molar-refractivity contribution in [3.63, 3.8) is 0 Å². The van der Waals surface area contributed by atoms with Crippen molar-refractivity contribution >= 4 is 11.6 Å². The summed E-state index contributed by atoms with van der Waals surface area (Å²) in [4.78, 5) is 2.55. The normalized spacial score (nSPS) is 21.2. The lowest BCUT2D eigenvalue weighted by Gasteiger charge is -2.21. The third kappa shape index (κ3) is 4.45. The molecule has 1 aliphatic rings. The first-order valence-corrected chi connectivity index (χ1v) is 7.74. The zero-order chi connectivity index (χ0) is 14.4. The Morgan fingerprint density at radius 3 is 2.80 bits per heavy atom. The van der Waals surface area contributed by atoms with Gasteiger partial charge in [0, 0.05) is 24.7 Å². The molecule has 112 valence electrons. The van der Waals surface area contributed by atoms with Crippen molar-refractivity contribution in [1.82, 2.24) is 10.2 Å². The van der Waals surface area contributed by atoms with Crippen LogP contribution in [0, 0.1) is 5.92 Å². The number of nitrogens with one attached hydrogen (secondary N) is 1. The van der Waals surface area contributed by atoms with E-state index >= 15 is 0 Å². The number of hydrogen-bond acceptors (Lipinski definition) is 3. The van der Waals surface area contributed by atoms with E-state index in [1.807, 2.05) is 19.2 Å². The molecule has 4 heteroatoms. The van der Waals surface area contributed by atoms with Gasteiger partial charge < -0.3 is 15.0 Å². The topological polar surface area (TPSA) is 24.5 Å². The molecule has 1 N–H and O–H groups in total. The summed E-state index contributed by atoms with van der Waals surface area (Å²) < 4.78 is 5.25. The zero-order valence-electron chi connectivity index (χ0n) is 12.4. The van der Waals surface area contributed by atoms with Gasteiger partial charge in [-0.15, -0.1) is 0 Å². The number of halogens is 1. The van der Waals surface area contributed by atoms with Crippen LogP contribution in [0.5, 0.6) is 0 Å². The van der Waals surface area contributed by atoms with E-state index in [-0.39, 0.29) is 0 Å². The van der Waals surface area contributed by atoms with Crippen LogP contribution < -0.4 is 5.32 Å². The Kier molecular flexibility index (Phi) is 6.30. The maximum Gasteiger partial charge on any atom is 0.0503 e. The van der Waals surface area contributed by atoms with Crippen molar-refractivity contribution in [3.8, 4) is 0 Å². The molecule has 0 spiro atoms. The lowest BCUT2D eigenvalue weighted by molar-refractivity contribution is 0.153. The van der Waals surface area contributed by atoms with Crippen molar-refractivity contribution in [3.05, 3.63) is 34.9 Å². The minimum absolute atomic E-state index is 0.397. The molecule has 1 aromatic rings. The summed E-state index contributed by atoms with van der Waals surface area (Å²) in [7, 11) is 3.82. The van der Waals surface area contributed by atoms with E-state index in [0.717, 1.165) is 24.6 Å². The van der Waals surface area contributed by atoms with Gasteiger partial charge in [0.2, 0.25) is 0 Å². The standard InChI is InChI=1S/C16H25ClN2O/c1-18-16(14-3-5-15(17)6-4-14)8-10-19-9-7-13(11-19)12-20-2/h3-6,13,16,18H,7-12H2,1-2H3. The molecule has 1 aromatic carbocycles. The van der Waals surface area contributed by atoms with E-state index in [1.165, 1.54) is 25.1 Å². The summed E-state index contributed by atoms with van der Waals surface area (Å²) in [6.07, 6.45) is 2.39. The molecule has 0 aliphatic carbocycles. The Bertz CT molecular complexity index is 396. The molecular formula is C16H25ClN2O. The number of nitrogens with zero attached hydrogens (tertiary/aromatic N) is 1. The second kappa shape index (κ2) is 7.99. The molecule has 0 amide bonds. The predicted octanol–water partition coefficient (Wildman–Crippen LogP) is 2.96. The van der Waals surface area contributed by atoms with Crippen LogP contribution in [-0.2, 0) is 4.74 Å². The van der Waals surface area contributed by atoms with Crippen LogP contribution in [-0.4, -0.2) is 45.3 Å². The van der Waals surface area contributed by atoms with Crippen LogP contribution in [0.25, 0.3) is 0 Å². The molecule has 2 rings (SSSR count). The van der Waals surface area contributed by atoms with Gasteiger partial charge >= 0.3 is 0 Å². The monoisotopic (exact) mass is 296 g/mol. The fraction of sp³-hybridized carbons (Fsp3) is 0.625. The van der Waals surface area contributed by atoms with Gasteiger partial charge in [0.15, 0.2) is 0 Å². The highest BCUT2D eigenvalue weighted by atomic mass is 35.5. The van der Waals surface area contributed by atoms with E-state index in [4.69, 9.17) is 16.3 Å². The Morgan fingerprint density at radius 2 is 2.15 bits per heavy atom. The number of hydrogen-bond donors (Lipinski definition) is 1. The van der Waals surface area contributed by atoms with Crippen molar-refractivity contribution in [1.29, 1.82) is 0 Å². The number of likely N-dealkylation sites (tertiary alicyclic amines) is 1. The van der Waals surface area contributed by atoms with Gasteiger partial charge in [0.1, 0.15) is 0 Å². The first kappa shape index (κ1) is 15.8. The van der Waals surface area contributed by atoms with Gasteiger partial charge in [-0.25, -0.2) is 0 Å².